The summed E-state index contributed by atoms with van der Waals surface area (Å²) in [7, 11) is 0. The van der Waals surface area contributed by atoms with Crippen LogP contribution in [0.1, 0.15) is 334 Å². The van der Waals surface area contributed by atoms with E-state index in [0.29, 0.717) is 11.2 Å². The van der Waals surface area contributed by atoms with E-state index >= 15 is 0 Å². The zero-order valence-electron chi connectivity index (χ0n) is 51.5. The quantitative estimate of drug-likeness (QED) is 0.194. The molecule has 0 N–H and O–H groups in total. The van der Waals surface area contributed by atoms with Gasteiger partial charge < -0.3 is 0 Å². The van der Waals surface area contributed by atoms with Crippen LogP contribution < -0.4 is 0 Å². The van der Waals surface area contributed by atoms with Gasteiger partial charge in [0.25, 0.3) is 0 Å². The number of hydrogen-bond acceptors (Lipinski definition) is 5. The van der Waals surface area contributed by atoms with Crippen LogP contribution in [0.5, 0.6) is 0 Å². The molecular weight excluding hydrogens is 961 g/mol. The van der Waals surface area contributed by atoms with Crippen LogP contribution in [0.15, 0.2) is 0 Å². The Hall–Kier alpha value is -0.490. The second-order valence-electron chi connectivity index (χ2n) is 32.5. The Kier molecular flexibility index (Phi) is 18.4. The van der Waals surface area contributed by atoms with Gasteiger partial charge in [-0.15, -0.1) is 0 Å². The summed E-state index contributed by atoms with van der Waals surface area (Å²) >= 11 is 0. The van der Waals surface area contributed by atoms with E-state index in [1.807, 2.05) is 0 Å². The van der Waals surface area contributed by atoms with E-state index in [1.165, 1.54) is 321 Å². The summed E-state index contributed by atoms with van der Waals surface area (Å²) < 4.78 is 0. The Morgan fingerprint density at radius 1 is 0.253 bits per heavy atom. The first-order valence-corrected chi connectivity index (χ1v) is 37.7. The van der Waals surface area contributed by atoms with E-state index in [0.717, 1.165) is 133 Å². The highest BCUT2D eigenvalue weighted by atomic mass is 16.1. The maximum atomic E-state index is 13.7. The molecule has 0 aliphatic heterocycles. The molecular formula is C74H124N4O. The summed E-state index contributed by atoms with van der Waals surface area (Å²) in [5.41, 5.74) is 0.425. The van der Waals surface area contributed by atoms with Crippen molar-refractivity contribution in [1.82, 2.24) is 19.6 Å². The molecule has 14 aliphatic rings. The molecule has 0 bridgehead atoms. The normalized spacial score (nSPS) is 43.5. The third-order valence-corrected chi connectivity index (χ3v) is 29.2. The molecule has 0 aromatic carbocycles. The van der Waals surface area contributed by atoms with Crippen LogP contribution in [-0.2, 0) is 4.79 Å². The van der Waals surface area contributed by atoms with Crippen LogP contribution in [0.4, 0.5) is 0 Å². The molecule has 0 radical (unpaired) electrons. The average molecular weight is 1090 g/mol. The van der Waals surface area contributed by atoms with Gasteiger partial charge >= 0.3 is 0 Å². The van der Waals surface area contributed by atoms with Gasteiger partial charge in [0.15, 0.2) is 0 Å². The van der Waals surface area contributed by atoms with Crippen molar-refractivity contribution >= 4 is 5.78 Å². The van der Waals surface area contributed by atoms with E-state index in [1.54, 1.807) is 0 Å². The molecule has 14 fully saturated rings. The molecule has 12 atom stereocenters. The van der Waals surface area contributed by atoms with Gasteiger partial charge in [0, 0.05) is 85.3 Å². The van der Waals surface area contributed by atoms with Gasteiger partial charge in [0.1, 0.15) is 5.78 Å². The molecule has 0 aromatic heterocycles. The van der Waals surface area contributed by atoms with E-state index in [4.69, 9.17) is 0 Å². The number of carbonyl (C=O) groups excluding carboxylic acids is 1. The lowest BCUT2D eigenvalue weighted by molar-refractivity contribution is -0.125. The number of hydrogen-bond donors (Lipinski definition) is 0. The lowest BCUT2D eigenvalue weighted by Gasteiger charge is -2.57. The predicted molar refractivity (Wildman–Crippen MR) is 328 cm³/mol. The minimum atomic E-state index is 0.425. The van der Waals surface area contributed by atoms with Gasteiger partial charge in [-0.3, -0.25) is 24.4 Å². The van der Waals surface area contributed by atoms with Crippen molar-refractivity contribution in [3.63, 3.8) is 0 Å². The SMILES string of the molecule is O=C1CCC2(CC1)C1CC(N(C3CCC(N(C4CCCCC4)C4CCCCC4)CC3)C3CCCC4CCCCC43)CCC1C1CCC(N(C3CCC(N(C4CCCCC4)C4CCCCC4)CC3)C3CCCC4CCCCC43)CC12. The third-order valence-electron chi connectivity index (χ3n) is 29.2. The number of carbonyl (C=O) groups is 1. The Balaban J connectivity index is 0.733. The second-order valence-corrected chi connectivity index (χ2v) is 32.5. The van der Waals surface area contributed by atoms with Crippen LogP contribution in [0, 0.1) is 52.8 Å². The molecule has 0 saturated heterocycles. The number of nitrogens with zero attached hydrogens (tertiary/aromatic N) is 4. The van der Waals surface area contributed by atoms with Gasteiger partial charge in [-0.2, -0.15) is 0 Å². The lowest BCUT2D eigenvalue weighted by atomic mass is 9.57. The monoisotopic (exact) mass is 1080 g/mol. The molecule has 14 aliphatic carbocycles. The van der Waals surface area contributed by atoms with E-state index < -0.39 is 0 Å². The molecule has 79 heavy (non-hydrogen) atoms. The first kappa shape index (κ1) is 56.3. The van der Waals surface area contributed by atoms with Gasteiger partial charge in [0.2, 0.25) is 0 Å². The van der Waals surface area contributed by atoms with Crippen molar-refractivity contribution in [2.24, 2.45) is 52.8 Å². The van der Waals surface area contributed by atoms with Crippen LogP contribution in [0.2, 0.25) is 0 Å². The van der Waals surface area contributed by atoms with Gasteiger partial charge in [-0.05, 0) is 233 Å². The maximum absolute atomic E-state index is 13.7. The third kappa shape index (κ3) is 11.6. The smallest absolute Gasteiger partial charge is 0.132 e. The van der Waals surface area contributed by atoms with E-state index in [2.05, 4.69) is 19.6 Å². The minimum Gasteiger partial charge on any atom is -0.300 e. The summed E-state index contributed by atoms with van der Waals surface area (Å²) in [6, 6.07) is 10.2. The van der Waals surface area contributed by atoms with Crippen molar-refractivity contribution in [3.8, 4) is 0 Å². The zero-order valence-corrected chi connectivity index (χ0v) is 51.5. The summed E-state index contributed by atoms with van der Waals surface area (Å²) in [6.45, 7) is 0. The summed E-state index contributed by atoms with van der Waals surface area (Å²) in [5.74, 6) is 8.22. The van der Waals surface area contributed by atoms with Crippen molar-refractivity contribution in [1.29, 1.82) is 0 Å². The van der Waals surface area contributed by atoms with E-state index in [-0.39, 0.29) is 0 Å². The largest absolute Gasteiger partial charge is 0.300 e. The lowest BCUT2D eigenvalue weighted by Crippen LogP contribution is -2.59. The van der Waals surface area contributed by atoms with Gasteiger partial charge in [0.05, 0.1) is 0 Å². The van der Waals surface area contributed by atoms with Crippen LogP contribution in [-0.4, -0.2) is 97.9 Å². The summed E-state index contributed by atoms with van der Waals surface area (Å²) in [4.78, 5) is 27.2. The Morgan fingerprint density at radius 3 is 0.911 bits per heavy atom. The van der Waals surface area contributed by atoms with Crippen molar-refractivity contribution in [3.05, 3.63) is 0 Å². The summed E-state index contributed by atoms with van der Waals surface area (Å²) in [5, 5.41) is 0. The summed E-state index contributed by atoms with van der Waals surface area (Å²) in [6.07, 6.45) is 76.5. The van der Waals surface area contributed by atoms with Crippen molar-refractivity contribution < 1.29 is 4.79 Å². The van der Waals surface area contributed by atoms with Gasteiger partial charge in [-0.25, -0.2) is 0 Å². The maximum Gasteiger partial charge on any atom is 0.132 e. The molecule has 446 valence electrons. The highest BCUT2D eigenvalue weighted by Gasteiger charge is 2.64. The highest BCUT2D eigenvalue weighted by Crippen LogP contribution is 2.69. The molecule has 0 aromatic rings. The number of fused-ring (bicyclic) bond motifs is 7. The number of Topliss-reactive ketones (excluding diaryl/α,β-unsaturated/α-hetero) is 1. The van der Waals surface area contributed by atoms with E-state index in [9.17, 15) is 4.79 Å². The fourth-order valence-electron chi connectivity index (χ4n) is 26.1. The standard InChI is InChI=1S/C74H124N4O/c79-65-47-49-74(50-48-65)70-51-63(77(72-33-17-21-53-19-13-15-31-66(53)72)61-39-35-59(36-40-61)75(55-23-5-1-6-24-55)56-25-7-2-8-26-56)43-45-68(70)69-46-44-64(52-71(69)74)78(73-34-18-22-54-20-14-16-32-67(54)73)62-41-37-60(38-42-62)76(57-27-9-3-10-28-57)58-29-11-4-12-30-58/h53-64,66-73H,1-52H2. The van der Waals surface area contributed by atoms with Crippen molar-refractivity contribution in [2.45, 2.75) is 406 Å². The van der Waals surface area contributed by atoms with Crippen molar-refractivity contribution in [2.75, 3.05) is 0 Å². The molecule has 14 rings (SSSR count). The number of rotatable bonds is 12. The highest BCUT2D eigenvalue weighted by molar-refractivity contribution is 5.79. The average Bonchev–Trinajstić information content (AvgIpc) is 3.85. The topological polar surface area (TPSA) is 30.0 Å². The molecule has 14 saturated carbocycles. The molecule has 0 heterocycles. The fourth-order valence-corrected chi connectivity index (χ4v) is 26.1. The van der Waals surface area contributed by atoms with Crippen LogP contribution >= 0.6 is 0 Å². The zero-order chi connectivity index (χ0) is 52.7. The van der Waals surface area contributed by atoms with Crippen LogP contribution in [0.3, 0.4) is 0 Å². The number of ketones is 1. The Morgan fingerprint density at radius 2 is 0.544 bits per heavy atom. The van der Waals surface area contributed by atoms with Crippen LogP contribution in [0.25, 0.3) is 0 Å². The van der Waals surface area contributed by atoms with Gasteiger partial charge in [-0.1, -0.05) is 141 Å². The molecule has 5 heteroatoms. The Labute approximate surface area is 486 Å². The fraction of sp³-hybridized carbons (Fsp3) is 0.986. The predicted octanol–water partition coefficient (Wildman–Crippen LogP) is 18.6. The second kappa shape index (κ2) is 25.8. The molecule has 0 amide bonds. The first-order chi connectivity index (χ1) is 39.1. The minimum absolute atomic E-state index is 0.425. The molecule has 1 spiro atoms. The first-order valence-electron chi connectivity index (χ1n) is 37.7. The molecule has 12 unspecified atom stereocenters. The Bertz CT molecular complexity index is 1740. The molecule has 5 nitrogen and oxygen atoms in total.